The van der Waals surface area contributed by atoms with E-state index < -0.39 is 26.9 Å². The van der Waals surface area contributed by atoms with Gasteiger partial charge in [0, 0.05) is 22.2 Å². The molecule has 0 aliphatic rings. The highest BCUT2D eigenvalue weighted by molar-refractivity contribution is 14.1. The Kier molecular flexibility index (Phi) is 6.86. The molecule has 2 rings (SSSR count). The van der Waals surface area contributed by atoms with Crippen molar-refractivity contribution >= 4 is 44.2 Å². The van der Waals surface area contributed by atoms with Crippen molar-refractivity contribution in [3.05, 3.63) is 67.8 Å². The molecule has 0 fully saturated rings. The van der Waals surface area contributed by atoms with Gasteiger partial charge in [0.2, 0.25) is 10.0 Å². The number of carbonyl (C=O) groups excluding carboxylic acids is 1. The van der Waals surface area contributed by atoms with Gasteiger partial charge in [-0.2, -0.15) is 4.31 Å². The predicted molar refractivity (Wildman–Crippen MR) is 104 cm³/mol. The van der Waals surface area contributed by atoms with E-state index in [4.69, 9.17) is 5.21 Å². The number of nitrogens with one attached hydrogen (secondary N) is 1. The summed E-state index contributed by atoms with van der Waals surface area (Å²) in [4.78, 5) is 22.0. The van der Waals surface area contributed by atoms with Gasteiger partial charge >= 0.3 is 0 Å². The summed E-state index contributed by atoms with van der Waals surface area (Å²) in [6.45, 7) is 1.13. The molecule has 9 nitrogen and oxygen atoms in total. The van der Waals surface area contributed by atoms with E-state index in [-0.39, 0.29) is 17.1 Å². The summed E-state index contributed by atoms with van der Waals surface area (Å²) in [5.41, 5.74) is 1.77. The van der Waals surface area contributed by atoms with E-state index in [9.17, 15) is 23.3 Å². The number of halogens is 1. The molecule has 0 bridgehead atoms. The molecular formula is C16H16IN3O6S. The van der Waals surface area contributed by atoms with Gasteiger partial charge in [0.05, 0.1) is 9.82 Å². The summed E-state index contributed by atoms with van der Waals surface area (Å²) >= 11 is 2.04. The van der Waals surface area contributed by atoms with Crippen molar-refractivity contribution < 1.29 is 23.3 Å². The second-order valence-corrected chi connectivity index (χ2v) is 8.72. The summed E-state index contributed by atoms with van der Waals surface area (Å²) in [5.74, 6) is -0.897. The predicted octanol–water partition coefficient (Wildman–Crippen LogP) is 2.28. The maximum Gasteiger partial charge on any atom is 0.269 e. The summed E-state index contributed by atoms with van der Waals surface area (Å²) in [6.07, 6.45) is 0. The summed E-state index contributed by atoms with van der Waals surface area (Å²) in [7, 11) is -4.07. The van der Waals surface area contributed by atoms with Gasteiger partial charge in [0.1, 0.15) is 6.04 Å². The molecule has 0 radical (unpaired) electrons. The zero-order valence-electron chi connectivity index (χ0n) is 14.1. The number of nitro benzene ring substituents is 1. The van der Waals surface area contributed by atoms with Crippen LogP contribution in [0.25, 0.3) is 0 Å². The summed E-state index contributed by atoms with van der Waals surface area (Å²) in [6, 6.07) is 10.2. The Morgan fingerprint density at radius 3 is 2.26 bits per heavy atom. The Labute approximate surface area is 169 Å². The highest BCUT2D eigenvalue weighted by Crippen LogP contribution is 2.23. The second-order valence-electron chi connectivity index (χ2n) is 5.58. The Bertz CT molecular complexity index is 932. The van der Waals surface area contributed by atoms with Gasteiger partial charge in [-0.3, -0.25) is 20.1 Å². The van der Waals surface area contributed by atoms with Crippen LogP contribution < -0.4 is 5.48 Å². The fraction of sp³-hybridized carbons (Fsp3) is 0.188. The van der Waals surface area contributed by atoms with Crippen molar-refractivity contribution in [2.24, 2.45) is 0 Å². The van der Waals surface area contributed by atoms with Crippen LogP contribution in [0.2, 0.25) is 0 Å². The molecule has 1 unspecified atom stereocenters. The minimum Gasteiger partial charge on any atom is -0.289 e. The third kappa shape index (κ3) is 5.00. The first kappa shape index (κ1) is 21.2. The van der Waals surface area contributed by atoms with Gasteiger partial charge < -0.3 is 0 Å². The monoisotopic (exact) mass is 505 g/mol. The second kappa shape index (κ2) is 8.73. The van der Waals surface area contributed by atoms with Gasteiger partial charge in [-0.15, -0.1) is 0 Å². The van der Waals surface area contributed by atoms with E-state index in [1.54, 1.807) is 12.1 Å². The van der Waals surface area contributed by atoms with Crippen LogP contribution in [-0.4, -0.2) is 34.8 Å². The number of benzene rings is 2. The highest BCUT2D eigenvalue weighted by Gasteiger charge is 2.33. The molecule has 27 heavy (non-hydrogen) atoms. The standard InChI is InChI=1S/C16H16IN3O6S/c1-11(16(21)18-22)19(10-12-2-6-14(7-3-12)20(23)24)27(25,26)15-8-4-13(17)5-9-15/h2-9,11,22H,10H2,1H3,(H,18,21). The topological polar surface area (TPSA) is 130 Å². The lowest BCUT2D eigenvalue weighted by atomic mass is 10.2. The number of non-ortho nitro benzene ring substituents is 1. The molecule has 2 aromatic carbocycles. The molecule has 11 heteroatoms. The van der Waals surface area contributed by atoms with Gasteiger partial charge in [0.25, 0.3) is 11.6 Å². The first-order chi connectivity index (χ1) is 12.7. The number of hydrogen-bond donors (Lipinski definition) is 2. The van der Waals surface area contributed by atoms with Crippen LogP contribution in [-0.2, 0) is 21.4 Å². The molecule has 0 aliphatic carbocycles. The SMILES string of the molecule is CC(C(=O)NO)N(Cc1ccc([N+](=O)[O-])cc1)S(=O)(=O)c1ccc(I)cc1. The van der Waals surface area contributed by atoms with E-state index in [1.807, 2.05) is 22.6 Å². The van der Waals surface area contributed by atoms with E-state index in [0.717, 1.165) is 7.88 Å². The van der Waals surface area contributed by atoms with Crippen LogP contribution in [0.15, 0.2) is 53.4 Å². The molecule has 2 aromatic rings. The Morgan fingerprint density at radius 2 is 1.78 bits per heavy atom. The molecule has 0 saturated heterocycles. The lowest BCUT2D eigenvalue weighted by Crippen LogP contribution is -2.46. The minimum atomic E-state index is -4.07. The number of hydroxylamine groups is 1. The molecular weight excluding hydrogens is 489 g/mol. The lowest BCUT2D eigenvalue weighted by molar-refractivity contribution is -0.384. The van der Waals surface area contributed by atoms with Crippen LogP contribution >= 0.6 is 22.6 Å². The number of rotatable bonds is 7. The number of nitrogens with zero attached hydrogens (tertiary/aromatic N) is 2. The largest absolute Gasteiger partial charge is 0.289 e. The molecule has 1 amide bonds. The third-order valence-electron chi connectivity index (χ3n) is 3.83. The van der Waals surface area contributed by atoms with Crippen molar-refractivity contribution in [1.82, 2.24) is 9.79 Å². The van der Waals surface area contributed by atoms with Crippen molar-refractivity contribution in [3.8, 4) is 0 Å². The number of carbonyl (C=O) groups is 1. The van der Waals surface area contributed by atoms with E-state index in [0.29, 0.717) is 5.56 Å². The average Bonchev–Trinajstić information content (AvgIpc) is 2.65. The number of sulfonamides is 1. The van der Waals surface area contributed by atoms with Gasteiger partial charge in [-0.25, -0.2) is 13.9 Å². The zero-order valence-corrected chi connectivity index (χ0v) is 17.0. The lowest BCUT2D eigenvalue weighted by Gasteiger charge is -2.27. The fourth-order valence-electron chi connectivity index (χ4n) is 2.30. The van der Waals surface area contributed by atoms with Crippen LogP contribution in [0, 0.1) is 13.7 Å². The molecule has 2 N–H and O–H groups in total. The number of hydrogen-bond acceptors (Lipinski definition) is 6. The number of nitro groups is 1. The highest BCUT2D eigenvalue weighted by atomic mass is 127. The van der Waals surface area contributed by atoms with Crippen molar-refractivity contribution in [1.29, 1.82) is 0 Å². The van der Waals surface area contributed by atoms with E-state index >= 15 is 0 Å². The first-order valence-electron chi connectivity index (χ1n) is 7.61. The van der Waals surface area contributed by atoms with Crippen LogP contribution in [0.5, 0.6) is 0 Å². The Morgan fingerprint density at radius 1 is 1.22 bits per heavy atom. The van der Waals surface area contributed by atoms with Gasteiger partial charge in [-0.1, -0.05) is 12.1 Å². The van der Waals surface area contributed by atoms with Crippen molar-refractivity contribution in [3.63, 3.8) is 0 Å². The molecule has 0 heterocycles. The summed E-state index contributed by atoms with van der Waals surface area (Å²) < 4.78 is 27.8. The normalized spacial score (nSPS) is 12.6. The minimum absolute atomic E-state index is 0.0117. The fourth-order valence-corrected chi connectivity index (χ4v) is 4.24. The van der Waals surface area contributed by atoms with Crippen molar-refractivity contribution in [2.75, 3.05) is 0 Å². The number of amides is 1. The van der Waals surface area contributed by atoms with Crippen LogP contribution in [0.4, 0.5) is 5.69 Å². The van der Waals surface area contributed by atoms with Gasteiger partial charge in [-0.05, 0) is 59.3 Å². The van der Waals surface area contributed by atoms with E-state index in [1.165, 1.54) is 48.8 Å². The van der Waals surface area contributed by atoms with Crippen molar-refractivity contribution in [2.45, 2.75) is 24.4 Å². The molecule has 1 atom stereocenters. The molecule has 144 valence electrons. The third-order valence-corrected chi connectivity index (χ3v) is 6.48. The first-order valence-corrected chi connectivity index (χ1v) is 10.1. The zero-order chi connectivity index (χ0) is 20.2. The molecule has 0 saturated carbocycles. The maximum absolute atomic E-state index is 13.0. The summed E-state index contributed by atoms with van der Waals surface area (Å²) in [5, 5.41) is 19.7. The van der Waals surface area contributed by atoms with E-state index in [2.05, 4.69) is 0 Å². The van der Waals surface area contributed by atoms with Crippen LogP contribution in [0.3, 0.4) is 0 Å². The maximum atomic E-state index is 13.0. The Balaban J connectivity index is 2.43. The Hall–Kier alpha value is -2.09. The molecule has 0 aromatic heterocycles. The average molecular weight is 505 g/mol. The smallest absolute Gasteiger partial charge is 0.269 e. The van der Waals surface area contributed by atoms with Crippen LogP contribution in [0.1, 0.15) is 12.5 Å². The molecule has 0 aliphatic heterocycles. The van der Waals surface area contributed by atoms with Gasteiger partial charge in [0.15, 0.2) is 0 Å². The molecule has 0 spiro atoms. The quantitative estimate of drug-likeness (QED) is 0.257.